The highest BCUT2D eigenvalue weighted by Crippen LogP contribution is 2.43. The smallest absolute Gasteiger partial charge is 0.387 e. The van der Waals surface area contributed by atoms with E-state index in [1.807, 2.05) is 27.2 Å². The number of quaternary nitrogens is 1. The van der Waals surface area contributed by atoms with Crippen LogP contribution in [0.5, 0.6) is 0 Å². The van der Waals surface area contributed by atoms with Crippen molar-refractivity contribution in [2.24, 2.45) is 0 Å². The van der Waals surface area contributed by atoms with E-state index in [1.54, 1.807) is 6.08 Å². The Morgan fingerprint density at radius 3 is 1.14 bits per heavy atom. The van der Waals surface area contributed by atoms with Crippen LogP contribution in [0.4, 0.5) is 0 Å². The molecule has 3 unspecified atom stereocenters. The Morgan fingerprint density at radius 2 is 0.786 bits per heavy atom. The highest BCUT2D eigenvalue weighted by atomic mass is 31.2. The van der Waals surface area contributed by atoms with Gasteiger partial charge in [-0.25, -0.2) is 4.57 Å². The third-order valence-electron chi connectivity index (χ3n) is 13.8. The number of aliphatic hydroxyl groups is 1. The molecule has 0 rings (SSSR count). The molecule has 0 aliphatic rings. The molecule has 0 bridgehead atoms. The summed E-state index contributed by atoms with van der Waals surface area (Å²) in [6, 6.07) is -0.864. The quantitative estimate of drug-likeness (QED) is 0.0243. The van der Waals surface area contributed by atoms with Crippen molar-refractivity contribution in [3.63, 3.8) is 0 Å². The number of carbonyl (C=O) groups excluding carboxylic acids is 1. The number of phosphoric ester groups is 1. The van der Waals surface area contributed by atoms with Gasteiger partial charge in [0.15, 0.2) is 0 Å². The van der Waals surface area contributed by atoms with E-state index in [-0.39, 0.29) is 19.1 Å². The minimum Gasteiger partial charge on any atom is -0.387 e. The molecule has 8 nitrogen and oxygen atoms in total. The number of carbonyl (C=O) groups is 1. The molecule has 0 radical (unpaired) electrons. The van der Waals surface area contributed by atoms with Gasteiger partial charge in [-0.3, -0.25) is 13.8 Å². The summed E-state index contributed by atoms with van der Waals surface area (Å²) in [5, 5.41) is 13.9. The molecular weight excluding hydrogens is 888 g/mol. The summed E-state index contributed by atoms with van der Waals surface area (Å²) in [5.41, 5.74) is 0. The first-order valence-corrected chi connectivity index (χ1v) is 31.9. The number of amides is 1. The normalized spacial score (nSPS) is 14.1. The van der Waals surface area contributed by atoms with E-state index in [2.05, 4.69) is 43.5 Å². The van der Waals surface area contributed by atoms with Crippen molar-refractivity contribution in [3.05, 3.63) is 36.5 Å². The minimum absolute atomic E-state index is 0.0567. The molecule has 3 atom stereocenters. The number of hydrogen-bond donors (Lipinski definition) is 3. The van der Waals surface area contributed by atoms with Crippen LogP contribution in [-0.2, 0) is 18.4 Å². The second-order valence-electron chi connectivity index (χ2n) is 22.1. The fourth-order valence-corrected chi connectivity index (χ4v) is 9.79. The van der Waals surface area contributed by atoms with Gasteiger partial charge in [0, 0.05) is 6.42 Å². The lowest BCUT2D eigenvalue weighted by Gasteiger charge is -2.25. The zero-order valence-electron chi connectivity index (χ0n) is 47.3. The molecule has 9 heteroatoms. The van der Waals surface area contributed by atoms with Crippen molar-refractivity contribution in [3.8, 4) is 0 Å². The Morgan fingerprint density at radius 1 is 0.471 bits per heavy atom. The van der Waals surface area contributed by atoms with Crippen molar-refractivity contribution < 1.29 is 32.9 Å². The zero-order chi connectivity index (χ0) is 51.3. The molecule has 1 amide bonds. The number of hydrogen-bond acceptors (Lipinski definition) is 5. The summed E-state index contributed by atoms with van der Waals surface area (Å²) < 4.78 is 23.7. The molecule has 0 saturated carbocycles. The molecule has 70 heavy (non-hydrogen) atoms. The maximum absolute atomic E-state index is 13.0. The van der Waals surface area contributed by atoms with E-state index < -0.39 is 20.0 Å². The number of aliphatic hydroxyl groups excluding tert-OH is 1. The van der Waals surface area contributed by atoms with Crippen LogP contribution in [0.1, 0.15) is 296 Å². The molecule has 3 N–H and O–H groups in total. The zero-order valence-corrected chi connectivity index (χ0v) is 48.2. The summed E-state index contributed by atoms with van der Waals surface area (Å²) in [5.74, 6) is -0.184. The van der Waals surface area contributed by atoms with Crippen LogP contribution < -0.4 is 5.32 Å². The molecule has 0 aromatic carbocycles. The third-order valence-corrected chi connectivity index (χ3v) is 14.8. The lowest BCUT2D eigenvalue weighted by atomic mass is 10.0. The van der Waals surface area contributed by atoms with Crippen LogP contribution >= 0.6 is 7.82 Å². The topological polar surface area (TPSA) is 105 Å². The summed E-state index contributed by atoms with van der Waals surface area (Å²) in [6.07, 6.45) is 68.3. The first-order valence-electron chi connectivity index (χ1n) is 30.4. The second-order valence-corrected chi connectivity index (χ2v) is 23.5. The van der Waals surface area contributed by atoms with Crippen molar-refractivity contribution in [2.45, 2.75) is 309 Å². The van der Waals surface area contributed by atoms with Gasteiger partial charge in [0.1, 0.15) is 13.2 Å². The Kier molecular flexibility index (Phi) is 51.6. The summed E-state index contributed by atoms with van der Waals surface area (Å²) >= 11 is 0. The van der Waals surface area contributed by atoms with E-state index >= 15 is 0 Å². The second kappa shape index (κ2) is 52.6. The molecule has 0 aromatic rings. The summed E-state index contributed by atoms with van der Waals surface area (Å²) in [4.78, 5) is 23.3. The summed E-state index contributed by atoms with van der Waals surface area (Å²) in [6.45, 7) is 4.84. The first-order chi connectivity index (χ1) is 34.0. The maximum Gasteiger partial charge on any atom is 0.472 e. The molecule has 0 heterocycles. The van der Waals surface area contributed by atoms with E-state index in [0.29, 0.717) is 17.4 Å². The van der Waals surface area contributed by atoms with Gasteiger partial charge in [0.2, 0.25) is 5.91 Å². The number of likely N-dealkylation sites (N-methyl/N-ethyl adjacent to an activating group) is 1. The number of unbranched alkanes of at least 4 members (excludes halogenated alkanes) is 39. The molecule has 0 fully saturated rings. The highest BCUT2D eigenvalue weighted by molar-refractivity contribution is 7.47. The van der Waals surface area contributed by atoms with Gasteiger partial charge < -0.3 is 19.8 Å². The lowest BCUT2D eigenvalue weighted by molar-refractivity contribution is -0.870. The molecule has 414 valence electrons. The van der Waals surface area contributed by atoms with E-state index in [0.717, 1.165) is 38.5 Å². The maximum atomic E-state index is 13.0. The van der Waals surface area contributed by atoms with E-state index in [1.165, 1.54) is 238 Å². The van der Waals surface area contributed by atoms with Crippen molar-refractivity contribution in [1.29, 1.82) is 0 Å². The summed E-state index contributed by atoms with van der Waals surface area (Å²) in [7, 11) is 1.56. The van der Waals surface area contributed by atoms with Crippen molar-refractivity contribution in [2.75, 3.05) is 40.9 Å². The fourth-order valence-electron chi connectivity index (χ4n) is 9.06. The molecule has 0 aliphatic carbocycles. The van der Waals surface area contributed by atoms with Crippen LogP contribution in [0.15, 0.2) is 36.5 Å². The van der Waals surface area contributed by atoms with E-state index in [4.69, 9.17) is 9.05 Å². The van der Waals surface area contributed by atoms with Gasteiger partial charge in [0.05, 0.1) is 39.9 Å². The van der Waals surface area contributed by atoms with Crippen LogP contribution in [0, 0.1) is 0 Å². The molecule has 0 aromatic heterocycles. The van der Waals surface area contributed by atoms with Crippen molar-refractivity contribution in [1.82, 2.24) is 5.32 Å². The number of nitrogens with zero attached hydrogens (tertiary/aromatic N) is 1. The third kappa shape index (κ3) is 54.5. The van der Waals surface area contributed by atoms with Gasteiger partial charge in [-0.1, -0.05) is 269 Å². The number of nitrogens with one attached hydrogen (secondary N) is 1. The Bertz CT molecular complexity index is 1230. The SMILES string of the molecule is CCCCCCCCCCCCCC/C=C\CCCCCCCCCCCCC(=O)NC(COP(=O)(O)OCC[N+](C)(C)C)C(O)/C=C/CC/C=C/CCCCCCCCCCCCCCCCCC. The monoisotopic (exact) mass is 1010 g/mol. The van der Waals surface area contributed by atoms with Gasteiger partial charge in [0.25, 0.3) is 0 Å². The largest absolute Gasteiger partial charge is 0.472 e. The molecule has 0 spiro atoms. The van der Waals surface area contributed by atoms with Crippen LogP contribution in [0.2, 0.25) is 0 Å². The van der Waals surface area contributed by atoms with Crippen LogP contribution in [-0.4, -0.2) is 73.4 Å². The Labute approximate surface area is 436 Å². The van der Waals surface area contributed by atoms with Gasteiger partial charge >= 0.3 is 7.82 Å². The standard InChI is InChI=1S/C61H119N2O6P/c1-6-8-10-12-14-16-18-20-22-24-26-28-30-31-32-33-35-37-39-41-43-45-47-49-51-53-55-61(65)62-59(58-69-70(66,67)68-57-56-63(3,4)5)60(64)54-52-50-48-46-44-42-40-38-36-34-29-27-25-23-21-19-17-15-13-11-9-7-2/h31-32,44,46,52,54,59-60,64H,6-30,33-43,45,47-51,53,55-58H2,1-5H3,(H-,62,65,66,67)/p+1/b32-31-,46-44+,54-52+. The van der Waals surface area contributed by atoms with Gasteiger partial charge in [-0.05, 0) is 57.8 Å². The Hall–Kier alpha value is -1.28. The minimum atomic E-state index is -4.36. The van der Waals surface area contributed by atoms with Crippen molar-refractivity contribution >= 4 is 13.7 Å². The fraction of sp³-hybridized carbons (Fsp3) is 0.885. The number of phosphoric acid groups is 1. The number of allylic oxidation sites excluding steroid dienone is 5. The molecular formula is C61H120N2O6P+. The lowest BCUT2D eigenvalue weighted by Crippen LogP contribution is -2.45. The molecule has 0 saturated heterocycles. The first kappa shape index (κ1) is 68.7. The van der Waals surface area contributed by atoms with Gasteiger partial charge in [-0.15, -0.1) is 0 Å². The van der Waals surface area contributed by atoms with Gasteiger partial charge in [-0.2, -0.15) is 0 Å². The van der Waals surface area contributed by atoms with Crippen LogP contribution in [0.3, 0.4) is 0 Å². The molecule has 0 aliphatic heterocycles. The Balaban J connectivity index is 4.20. The van der Waals surface area contributed by atoms with E-state index in [9.17, 15) is 19.4 Å². The number of rotatable bonds is 56. The average molecular weight is 1010 g/mol. The highest BCUT2D eigenvalue weighted by Gasteiger charge is 2.27. The predicted octanol–water partition coefficient (Wildman–Crippen LogP) is 18.5. The predicted molar refractivity (Wildman–Crippen MR) is 304 cm³/mol. The van der Waals surface area contributed by atoms with Crippen LogP contribution in [0.25, 0.3) is 0 Å². The average Bonchev–Trinajstić information content (AvgIpc) is 3.32.